The molecule has 0 aromatic carbocycles. The van der Waals surface area contributed by atoms with Gasteiger partial charge in [-0.3, -0.25) is 10.1 Å². The van der Waals surface area contributed by atoms with Gasteiger partial charge in [0.2, 0.25) is 5.91 Å². The maximum Gasteiger partial charge on any atom is 0.248 e. The predicted octanol–water partition coefficient (Wildman–Crippen LogP) is 1.66. The second-order valence-electron chi connectivity index (χ2n) is 3.20. The fourth-order valence-electron chi connectivity index (χ4n) is 1.66. The molecule has 1 aliphatic rings. The Morgan fingerprint density at radius 3 is 2.33 bits per heavy atom. The Labute approximate surface area is 73.4 Å². The second kappa shape index (κ2) is 3.57. The van der Waals surface area contributed by atoms with E-state index in [9.17, 15) is 4.79 Å². The van der Waals surface area contributed by atoms with Crippen molar-refractivity contribution in [2.24, 2.45) is 5.41 Å². The summed E-state index contributed by atoms with van der Waals surface area (Å²) in [5, 5.41) is 3.89. The first kappa shape index (κ1) is 9.04. The summed E-state index contributed by atoms with van der Waals surface area (Å²) in [6.07, 6.45) is 5.89. The van der Waals surface area contributed by atoms with Crippen LogP contribution in [0.2, 0.25) is 0 Å². The van der Waals surface area contributed by atoms with Crippen molar-refractivity contribution >= 4 is 5.91 Å². The van der Waals surface area contributed by atoms with Crippen LogP contribution in [-0.4, -0.2) is 12.5 Å². The Morgan fingerprint density at radius 1 is 1.42 bits per heavy atom. The van der Waals surface area contributed by atoms with Gasteiger partial charge < -0.3 is 0 Å². The standard InChI is InChI=1S/C10H14NO/c1-3-5-10(6-4-2)7-8-11-9(10)12/h3-4H,1-2,5-8H2. The molecule has 1 heterocycles. The average molecular weight is 164 g/mol. The first-order valence-corrected chi connectivity index (χ1v) is 4.19. The van der Waals surface area contributed by atoms with Crippen molar-refractivity contribution in [1.82, 2.24) is 5.32 Å². The largest absolute Gasteiger partial charge is 0.272 e. The monoisotopic (exact) mass is 164 g/mol. The van der Waals surface area contributed by atoms with Gasteiger partial charge in [0.25, 0.3) is 0 Å². The van der Waals surface area contributed by atoms with Crippen LogP contribution in [0.15, 0.2) is 25.3 Å². The highest BCUT2D eigenvalue weighted by Crippen LogP contribution is 2.35. The molecule has 0 atom stereocenters. The Kier molecular flexibility index (Phi) is 2.69. The van der Waals surface area contributed by atoms with Crippen molar-refractivity contribution in [3.8, 4) is 0 Å². The lowest BCUT2D eigenvalue weighted by Crippen LogP contribution is -2.27. The summed E-state index contributed by atoms with van der Waals surface area (Å²) >= 11 is 0. The third-order valence-electron chi connectivity index (χ3n) is 2.37. The number of hydrogen-bond acceptors (Lipinski definition) is 1. The Hall–Kier alpha value is -1.05. The smallest absolute Gasteiger partial charge is 0.248 e. The fourth-order valence-corrected chi connectivity index (χ4v) is 1.66. The van der Waals surface area contributed by atoms with Crippen LogP contribution >= 0.6 is 0 Å². The van der Waals surface area contributed by atoms with Gasteiger partial charge >= 0.3 is 0 Å². The van der Waals surface area contributed by atoms with E-state index in [1.807, 2.05) is 0 Å². The summed E-state index contributed by atoms with van der Waals surface area (Å²) in [7, 11) is 0. The second-order valence-corrected chi connectivity index (χ2v) is 3.20. The molecule has 1 amide bonds. The zero-order chi connectivity index (χ0) is 9.03. The zero-order valence-electron chi connectivity index (χ0n) is 7.25. The zero-order valence-corrected chi connectivity index (χ0v) is 7.25. The number of allylic oxidation sites excluding steroid dienone is 2. The lowest BCUT2D eigenvalue weighted by molar-refractivity contribution is -0.127. The van der Waals surface area contributed by atoms with Gasteiger partial charge in [0.15, 0.2) is 0 Å². The van der Waals surface area contributed by atoms with E-state index < -0.39 is 0 Å². The number of nitrogens with zero attached hydrogens (tertiary/aromatic N) is 1. The van der Waals surface area contributed by atoms with E-state index in [1.165, 1.54) is 0 Å². The third kappa shape index (κ3) is 1.42. The highest BCUT2D eigenvalue weighted by atomic mass is 16.2. The highest BCUT2D eigenvalue weighted by molar-refractivity contribution is 5.84. The molecule has 0 aromatic heterocycles. The molecule has 0 spiro atoms. The molecule has 2 heteroatoms. The van der Waals surface area contributed by atoms with Gasteiger partial charge in [0.1, 0.15) is 0 Å². The predicted molar refractivity (Wildman–Crippen MR) is 48.7 cm³/mol. The third-order valence-corrected chi connectivity index (χ3v) is 2.37. The Morgan fingerprint density at radius 2 is 2.00 bits per heavy atom. The van der Waals surface area contributed by atoms with Crippen LogP contribution in [0.5, 0.6) is 0 Å². The normalized spacial score (nSPS) is 20.2. The molecule has 1 fully saturated rings. The van der Waals surface area contributed by atoms with E-state index in [0.717, 1.165) is 19.3 Å². The molecule has 2 nitrogen and oxygen atoms in total. The average Bonchev–Trinajstić information content (AvgIpc) is 2.35. The summed E-state index contributed by atoms with van der Waals surface area (Å²) in [5.74, 6) is 0.0299. The van der Waals surface area contributed by atoms with Gasteiger partial charge in [-0.1, -0.05) is 12.2 Å². The molecule has 0 bridgehead atoms. The van der Waals surface area contributed by atoms with Crippen molar-refractivity contribution in [2.75, 3.05) is 6.54 Å². The molecule has 0 saturated carbocycles. The minimum atomic E-state index is -0.288. The van der Waals surface area contributed by atoms with Crippen LogP contribution in [0, 0.1) is 5.41 Å². The van der Waals surface area contributed by atoms with E-state index in [1.54, 1.807) is 12.2 Å². The van der Waals surface area contributed by atoms with Crippen molar-refractivity contribution in [3.05, 3.63) is 25.3 Å². The first-order chi connectivity index (χ1) is 5.75. The topological polar surface area (TPSA) is 31.2 Å². The number of carbonyl (C=O) groups is 1. The summed E-state index contributed by atoms with van der Waals surface area (Å²) < 4.78 is 0. The van der Waals surface area contributed by atoms with Crippen molar-refractivity contribution in [3.63, 3.8) is 0 Å². The Bertz CT molecular complexity index is 198. The lowest BCUT2D eigenvalue weighted by atomic mass is 9.80. The molecule has 12 heavy (non-hydrogen) atoms. The van der Waals surface area contributed by atoms with Gasteiger partial charge in [-0.2, -0.15) is 0 Å². The van der Waals surface area contributed by atoms with E-state index in [0.29, 0.717) is 6.54 Å². The van der Waals surface area contributed by atoms with Crippen LogP contribution in [0.25, 0.3) is 0 Å². The van der Waals surface area contributed by atoms with E-state index in [2.05, 4.69) is 18.5 Å². The van der Waals surface area contributed by atoms with Crippen LogP contribution < -0.4 is 5.32 Å². The molecule has 0 aliphatic carbocycles. The van der Waals surface area contributed by atoms with Gasteiger partial charge in [0, 0.05) is 6.54 Å². The summed E-state index contributed by atoms with van der Waals surface area (Å²) in [4.78, 5) is 11.4. The van der Waals surface area contributed by atoms with E-state index in [-0.39, 0.29) is 11.3 Å². The number of rotatable bonds is 4. The van der Waals surface area contributed by atoms with Gasteiger partial charge in [-0.05, 0) is 19.3 Å². The maximum atomic E-state index is 11.4. The van der Waals surface area contributed by atoms with Gasteiger partial charge in [-0.25, -0.2) is 0 Å². The van der Waals surface area contributed by atoms with Crippen molar-refractivity contribution in [2.45, 2.75) is 19.3 Å². The van der Waals surface area contributed by atoms with Crippen LogP contribution in [-0.2, 0) is 4.79 Å². The van der Waals surface area contributed by atoms with E-state index >= 15 is 0 Å². The number of hydrogen-bond donors (Lipinski definition) is 0. The molecule has 1 rings (SSSR count). The summed E-state index contributed by atoms with van der Waals surface area (Å²) in [6, 6.07) is 0. The number of carbonyl (C=O) groups excluding carboxylic acids is 1. The minimum Gasteiger partial charge on any atom is -0.272 e. The maximum absolute atomic E-state index is 11.4. The number of amides is 1. The van der Waals surface area contributed by atoms with Gasteiger partial charge in [-0.15, -0.1) is 13.2 Å². The van der Waals surface area contributed by atoms with Crippen LogP contribution in [0.3, 0.4) is 0 Å². The minimum absolute atomic E-state index is 0.0299. The molecule has 0 unspecified atom stereocenters. The molecule has 1 aliphatic heterocycles. The molecular formula is C10H14NO. The highest BCUT2D eigenvalue weighted by Gasteiger charge is 2.40. The molecule has 0 N–H and O–H groups in total. The summed E-state index contributed by atoms with van der Waals surface area (Å²) in [5.41, 5.74) is -0.288. The lowest BCUT2D eigenvalue weighted by Gasteiger charge is -2.21. The molecule has 1 radical (unpaired) electrons. The van der Waals surface area contributed by atoms with Gasteiger partial charge in [0.05, 0.1) is 5.41 Å². The quantitative estimate of drug-likeness (QED) is 0.581. The van der Waals surface area contributed by atoms with E-state index in [4.69, 9.17) is 0 Å². The van der Waals surface area contributed by atoms with Crippen molar-refractivity contribution < 1.29 is 4.79 Å². The van der Waals surface area contributed by atoms with Crippen molar-refractivity contribution in [1.29, 1.82) is 0 Å². The van der Waals surface area contributed by atoms with Crippen LogP contribution in [0.1, 0.15) is 19.3 Å². The SMILES string of the molecule is C=CCC1(CC=C)CC[N]C1=O. The fraction of sp³-hybridized carbons (Fsp3) is 0.500. The molecule has 1 saturated heterocycles. The molecular weight excluding hydrogens is 150 g/mol. The molecule has 0 aromatic rings. The Balaban J connectivity index is 2.76. The first-order valence-electron chi connectivity index (χ1n) is 4.19. The molecule has 65 valence electrons. The van der Waals surface area contributed by atoms with Crippen LogP contribution in [0.4, 0.5) is 0 Å². The summed E-state index contributed by atoms with van der Waals surface area (Å²) in [6.45, 7) is 7.98.